The predicted molar refractivity (Wildman–Crippen MR) is 162 cm³/mol. The van der Waals surface area contributed by atoms with Crippen molar-refractivity contribution in [1.82, 2.24) is 9.88 Å². The van der Waals surface area contributed by atoms with E-state index in [1.165, 1.54) is 0 Å². The number of aromatic nitrogens is 1. The number of hydrogen-bond donors (Lipinski definition) is 3. The minimum atomic E-state index is -0.307. The number of para-hydroxylation sites is 1. The number of ether oxygens (including phenoxy) is 4. The predicted octanol–water partition coefficient (Wildman–Crippen LogP) is 6.07. The highest BCUT2D eigenvalue weighted by atomic mass is 35.5. The van der Waals surface area contributed by atoms with Crippen LogP contribution in [0.4, 0.5) is 0 Å². The number of hydrogen-bond acceptors (Lipinski definition) is 7. The van der Waals surface area contributed by atoms with E-state index in [4.69, 9.17) is 46.2 Å². The number of allylic oxidation sites excluding steroid dienone is 1. The lowest BCUT2D eigenvalue weighted by molar-refractivity contribution is -0.122. The van der Waals surface area contributed by atoms with Gasteiger partial charge in [0.25, 0.3) is 6.47 Å². The lowest BCUT2D eigenvalue weighted by Crippen LogP contribution is -2.25. The van der Waals surface area contributed by atoms with Crippen molar-refractivity contribution in [3.63, 3.8) is 0 Å². The lowest BCUT2D eigenvalue weighted by Gasteiger charge is -2.22. The molecule has 0 bridgehead atoms. The van der Waals surface area contributed by atoms with Crippen molar-refractivity contribution in [3.05, 3.63) is 88.0 Å². The third-order valence-corrected chi connectivity index (χ3v) is 6.30. The summed E-state index contributed by atoms with van der Waals surface area (Å²) in [5.74, 6) is 1.35. The zero-order valence-corrected chi connectivity index (χ0v) is 25.6. The SMILES string of the molecule is CCN/C(C)=C(\N)COC(C)(C)C.COc1cccc(C2OCc3cccn3-c3ccc(Cl)cc32)c1OC.O=CO. The Morgan fingerprint density at radius 3 is 2.49 bits per heavy atom. The Morgan fingerprint density at radius 2 is 1.88 bits per heavy atom. The molecule has 1 atom stereocenters. The van der Waals surface area contributed by atoms with Crippen molar-refractivity contribution >= 4 is 18.1 Å². The number of rotatable bonds is 7. The first-order chi connectivity index (χ1) is 19.5. The molecule has 1 unspecified atom stereocenters. The van der Waals surface area contributed by atoms with Gasteiger partial charge in [0.05, 0.1) is 44.4 Å². The van der Waals surface area contributed by atoms with Crippen molar-refractivity contribution in [1.29, 1.82) is 0 Å². The summed E-state index contributed by atoms with van der Waals surface area (Å²) in [6.45, 7) is 11.7. The van der Waals surface area contributed by atoms with E-state index in [1.807, 2.05) is 83.3 Å². The normalized spacial score (nSPS) is 14.4. The molecule has 224 valence electrons. The molecule has 1 aromatic heterocycles. The van der Waals surface area contributed by atoms with E-state index < -0.39 is 0 Å². The van der Waals surface area contributed by atoms with Gasteiger partial charge in [0, 0.05) is 40.3 Å². The molecular weight excluding hydrogens is 546 g/mol. The van der Waals surface area contributed by atoms with Crippen molar-refractivity contribution in [2.75, 3.05) is 27.4 Å². The summed E-state index contributed by atoms with van der Waals surface area (Å²) in [4.78, 5) is 8.36. The number of nitrogens with zero attached hydrogens (tertiary/aromatic N) is 1. The van der Waals surface area contributed by atoms with Gasteiger partial charge in [-0.15, -0.1) is 0 Å². The van der Waals surface area contributed by atoms with Crippen LogP contribution in [-0.4, -0.2) is 49.1 Å². The summed E-state index contributed by atoms with van der Waals surface area (Å²) in [6.07, 6.45) is 1.73. The van der Waals surface area contributed by atoms with E-state index in [1.54, 1.807) is 14.2 Å². The fourth-order valence-electron chi connectivity index (χ4n) is 4.14. The number of halogens is 1. The minimum Gasteiger partial charge on any atom is -0.493 e. The van der Waals surface area contributed by atoms with Crippen LogP contribution in [0.2, 0.25) is 5.02 Å². The van der Waals surface area contributed by atoms with Gasteiger partial charge in [-0.2, -0.15) is 0 Å². The Labute approximate surface area is 247 Å². The van der Waals surface area contributed by atoms with Crippen LogP contribution in [0.1, 0.15) is 57.5 Å². The Bertz CT molecular complexity index is 1300. The lowest BCUT2D eigenvalue weighted by atomic mass is 9.98. The van der Waals surface area contributed by atoms with Gasteiger partial charge in [0.1, 0.15) is 6.10 Å². The van der Waals surface area contributed by atoms with Crippen LogP contribution in [0, 0.1) is 0 Å². The molecule has 0 saturated carbocycles. The molecule has 1 aliphatic heterocycles. The van der Waals surface area contributed by atoms with E-state index in [-0.39, 0.29) is 18.2 Å². The van der Waals surface area contributed by atoms with Gasteiger partial charge < -0.3 is 39.7 Å². The van der Waals surface area contributed by atoms with Gasteiger partial charge in [-0.1, -0.05) is 23.7 Å². The second-order valence-electron chi connectivity index (χ2n) is 10.0. The highest BCUT2D eigenvalue weighted by molar-refractivity contribution is 6.30. The topological polar surface area (TPSA) is 117 Å². The quantitative estimate of drug-likeness (QED) is 0.285. The maximum absolute atomic E-state index is 8.36. The summed E-state index contributed by atoms with van der Waals surface area (Å²) in [7, 11) is 3.27. The zero-order chi connectivity index (χ0) is 30.6. The number of benzene rings is 2. The summed E-state index contributed by atoms with van der Waals surface area (Å²) in [5, 5.41) is 10.7. The fourth-order valence-corrected chi connectivity index (χ4v) is 4.32. The molecule has 0 amide bonds. The second-order valence-corrected chi connectivity index (χ2v) is 10.5. The number of methoxy groups -OCH3 is 2. The van der Waals surface area contributed by atoms with Gasteiger partial charge in [-0.25, -0.2) is 0 Å². The molecule has 10 heteroatoms. The maximum Gasteiger partial charge on any atom is 0.290 e. The molecule has 1 aliphatic rings. The Kier molecular flexibility index (Phi) is 13.1. The Morgan fingerprint density at radius 1 is 1.17 bits per heavy atom. The van der Waals surface area contributed by atoms with Crippen LogP contribution >= 0.6 is 11.6 Å². The summed E-state index contributed by atoms with van der Waals surface area (Å²) in [6, 6.07) is 15.8. The molecule has 0 spiro atoms. The number of carboxylic acid groups (broad SMARTS) is 1. The van der Waals surface area contributed by atoms with Gasteiger partial charge in [0.2, 0.25) is 0 Å². The molecule has 41 heavy (non-hydrogen) atoms. The molecular formula is C31H42ClN3O6. The fraction of sp³-hybridized carbons (Fsp3) is 0.387. The van der Waals surface area contributed by atoms with E-state index in [0.29, 0.717) is 29.7 Å². The van der Waals surface area contributed by atoms with Crippen LogP contribution in [0.25, 0.3) is 5.69 Å². The van der Waals surface area contributed by atoms with Crippen molar-refractivity contribution in [2.24, 2.45) is 5.73 Å². The molecule has 4 rings (SSSR count). The van der Waals surface area contributed by atoms with Gasteiger partial charge in [0.15, 0.2) is 11.5 Å². The van der Waals surface area contributed by atoms with E-state index in [0.717, 1.165) is 40.4 Å². The minimum absolute atomic E-state index is 0.128. The van der Waals surface area contributed by atoms with E-state index >= 15 is 0 Å². The van der Waals surface area contributed by atoms with Gasteiger partial charge in [-0.3, -0.25) is 4.79 Å². The molecule has 2 heterocycles. The van der Waals surface area contributed by atoms with Crippen LogP contribution in [0.5, 0.6) is 11.5 Å². The summed E-state index contributed by atoms with van der Waals surface area (Å²) >= 11 is 6.30. The van der Waals surface area contributed by atoms with Crippen molar-refractivity contribution < 1.29 is 28.8 Å². The first-order valence-corrected chi connectivity index (χ1v) is 13.6. The van der Waals surface area contributed by atoms with E-state index in [9.17, 15) is 0 Å². The largest absolute Gasteiger partial charge is 0.493 e. The smallest absolute Gasteiger partial charge is 0.290 e. The Balaban J connectivity index is 0.000000312. The number of carbonyl (C=O) groups is 1. The molecule has 0 radical (unpaired) electrons. The molecule has 2 aromatic carbocycles. The molecule has 9 nitrogen and oxygen atoms in total. The number of nitrogens with two attached hydrogens (primary N) is 1. The number of fused-ring (bicyclic) bond motifs is 3. The molecule has 0 saturated heterocycles. The highest BCUT2D eigenvalue weighted by Gasteiger charge is 2.28. The Hall–Kier alpha value is -3.66. The van der Waals surface area contributed by atoms with Crippen LogP contribution in [-0.2, 0) is 20.9 Å². The first-order valence-electron chi connectivity index (χ1n) is 13.2. The average molecular weight is 588 g/mol. The third kappa shape index (κ3) is 9.45. The first kappa shape index (κ1) is 33.5. The molecule has 0 aliphatic carbocycles. The van der Waals surface area contributed by atoms with Gasteiger partial charge >= 0.3 is 0 Å². The monoisotopic (exact) mass is 587 g/mol. The van der Waals surface area contributed by atoms with Crippen molar-refractivity contribution in [3.8, 4) is 17.2 Å². The molecule has 0 fully saturated rings. The van der Waals surface area contributed by atoms with E-state index in [2.05, 4.69) is 16.0 Å². The number of nitrogens with one attached hydrogen (secondary N) is 1. The zero-order valence-electron chi connectivity index (χ0n) is 24.9. The van der Waals surface area contributed by atoms with Crippen LogP contribution in [0.3, 0.4) is 0 Å². The van der Waals surface area contributed by atoms with Gasteiger partial charge in [-0.05, 0) is 71.0 Å². The molecule has 4 N–H and O–H groups in total. The summed E-state index contributed by atoms with van der Waals surface area (Å²) in [5.41, 5.74) is 11.5. The van der Waals surface area contributed by atoms with Crippen molar-refractivity contribution in [2.45, 2.75) is 52.9 Å². The summed E-state index contributed by atoms with van der Waals surface area (Å²) < 4.78 is 25.0. The second kappa shape index (κ2) is 16.0. The average Bonchev–Trinajstić information content (AvgIpc) is 3.35. The maximum atomic E-state index is 8.36. The third-order valence-electron chi connectivity index (χ3n) is 6.06. The van der Waals surface area contributed by atoms with Crippen LogP contribution < -0.4 is 20.5 Å². The van der Waals surface area contributed by atoms with Crippen LogP contribution in [0.15, 0.2) is 66.1 Å². The highest BCUT2D eigenvalue weighted by Crippen LogP contribution is 2.43. The standard InChI is InChI=1S/C20H18ClNO3.C10H22N2O.CH2O2/c1-23-18-7-3-6-15(20(18)24-2)19-16-11-13(21)8-9-17(16)22-10-4-5-14(22)12-25-19;1-6-12-8(2)9(11)7-13-10(3,4)5;2-1-3/h3-11,19H,12H2,1-2H3;12H,6-7,11H2,1-5H3;1H,(H,2,3)/b;9-8-;. The molecule has 3 aromatic rings.